The highest BCUT2D eigenvalue weighted by molar-refractivity contribution is 7.92. The molecule has 0 radical (unpaired) electrons. The first-order valence-electron chi connectivity index (χ1n) is 12.5. The third-order valence-corrected chi connectivity index (χ3v) is 9.44. The predicted molar refractivity (Wildman–Crippen MR) is 144 cm³/mol. The molecule has 2 aromatic carbocycles. The minimum atomic E-state index is -3.43. The van der Waals surface area contributed by atoms with Gasteiger partial charge in [-0.2, -0.15) is 0 Å². The molecule has 0 spiro atoms. The maximum atomic E-state index is 14.0. The van der Waals surface area contributed by atoms with E-state index >= 15 is 0 Å². The Balaban J connectivity index is 1.57. The average Bonchev–Trinajstić information content (AvgIpc) is 3.15. The molecular weight excluding hydrogens is 524 g/mol. The van der Waals surface area contributed by atoms with Gasteiger partial charge >= 0.3 is 0 Å². The summed E-state index contributed by atoms with van der Waals surface area (Å²) < 4.78 is 32.3. The molecule has 2 aromatic rings. The number of hydrogen-bond acceptors (Lipinski definition) is 9. The average molecular weight is 553 g/mol. The largest absolute Gasteiger partial charge is 0.507 e. The fraction of sp³-hybridized carbons (Fsp3) is 0.321. The van der Waals surface area contributed by atoms with E-state index in [0.29, 0.717) is 24.3 Å². The number of hydrogen-bond donors (Lipinski definition) is 3. The third-order valence-electron chi connectivity index (χ3n) is 7.58. The first kappa shape index (κ1) is 26.5. The predicted octanol–water partition coefficient (Wildman–Crippen LogP) is 3.61. The Kier molecular flexibility index (Phi) is 6.10. The normalized spacial score (nSPS) is 23.0. The van der Waals surface area contributed by atoms with Crippen LogP contribution in [0.15, 0.2) is 47.4 Å². The fourth-order valence-corrected chi connectivity index (χ4v) is 7.09. The van der Waals surface area contributed by atoms with E-state index in [4.69, 9.17) is 4.74 Å². The fourth-order valence-electron chi connectivity index (χ4n) is 5.46. The zero-order valence-corrected chi connectivity index (χ0v) is 22.7. The number of ether oxygens (including phenoxy) is 1. The second-order valence-corrected chi connectivity index (χ2v) is 12.2. The highest BCUT2D eigenvalue weighted by Gasteiger charge is 2.56. The number of phenolic OH excluding ortho intramolecular Hbond substituents is 2. The summed E-state index contributed by atoms with van der Waals surface area (Å²) in [4.78, 5) is 39.5. The standard InChI is InChI=1S/C28H28N2O8S/c1-14-24(33)22(16(3)31)26-23(25(14)34)28(4)20(38-26)13-19(32)21(27(28)35)15(2)29-17-8-7-9-18(12-17)30-10-5-6-11-39(30,36)37/h7-9,12-13,29,33-34H,5-6,10-11H2,1-4H3/b21-15+/t28-/m0/s1. The summed E-state index contributed by atoms with van der Waals surface area (Å²) in [5.41, 5.74) is -0.792. The van der Waals surface area contributed by atoms with Crippen molar-refractivity contribution in [1.82, 2.24) is 0 Å². The van der Waals surface area contributed by atoms with E-state index in [-0.39, 0.29) is 45.2 Å². The van der Waals surface area contributed by atoms with Crippen molar-refractivity contribution >= 4 is 38.7 Å². The van der Waals surface area contributed by atoms with Gasteiger partial charge in [0, 0.05) is 29.6 Å². The van der Waals surface area contributed by atoms with Crippen LogP contribution in [0.2, 0.25) is 0 Å². The molecule has 11 heteroatoms. The van der Waals surface area contributed by atoms with Gasteiger partial charge < -0.3 is 20.3 Å². The summed E-state index contributed by atoms with van der Waals surface area (Å²) in [6, 6.07) is 6.69. The topological polar surface area (TPSA) is 150 Å². The van der Waals surface area contributed by atoms with Gasteiger partial charge in [-0.25, -0.2) is 8.42 Å². The van der Waals surface area contributed by atoms with Crippen LogP contribution in [0.25, 0.3) is 0 Å². The Morgan fingerprint density at radius 2 is 1.85 bits per heavy atom. The van der Waals surface area contributed by atoms with Gasteiger partial charge in [-0.3, -0.25) is 18.7 Å². The third kappa shape index (κ3) is 3.91. The number of allylic oxidation sites excluding steroid dienone is 4. The zero-order chi connectivity index (χ0) is 28.4. The Morgan fingerprint density at radius 1 is 1.13 bits per heavy atom. The van der Waals surface area contributed by atoms with Crippen LogP contribution in [-0.4, -0.2) is 48.3 Å². The van der Waals surface area contributed by atoms with E-state index < -0.39 is 44.3 Å². The Bertz CT molecular complexity index is 1650. The lowest BCUT2D eigenvalue weighted by Crippen LogP contribution is -2.40. The molecule has 0 unspecified atom stereocenters. The summed E-state index contributed by atoms with van der Waals surface area (Å²) in [6.07, 6.45) is 2.50. The number of phenols is 2. The van der Waals surface area contributed by atoms with Crippen molar-refractivity contribution in [1.29, 1.82) is 0 Å². The van der Waals surface area contributed by atoms with E-state index in [1.807, 2.05) is 0 Å². The van der Waals surface area contributed by atoms with Crippen LogP contribution in [0.4, 0.5) is 11.4 Å². The highest BCUT2D eigenvalue weighted by Crippen LogP contribution is 2.57. The van der Waals surface area contributed by atoms with E-state index in [9.17, 15) is 33.0 Å². The molecule has 0 aromatic heterocycles. The van der Waals surface area contributed by atoms with Gasteiger partial charge in [-0.15, -0.1) is 0 Å². The summed E-state index contributed by atoms with van der Waals surface area (Å²) in [7, 11) is -3.43. The number of carbonyl (C=O) groups excluding carboxylic acids is 3. The molecule has 1 atom stereocenters. The van der Waals surface area contributed by atoms with Gasteiger partial charge in [0.25, 0.3) is 0 Å². The van der Waals surface area contributed by atoms with Crippen molar-refractivity contribution in [2.45, 2.75) is 46.0 Å². The van der Waals surface area contributed by atoms with Gasteiger partial charge in [0.05, 0.1) is 22.6 Å². The number of nitrogens with one attached hydrogen (secondary N) is 1. The van der Waals surface area contributed by atoms with Crippen LogP contribution in [0.1, 0.15) is 55.1 Å². The first-order valence-corrected chi connectivity index (χ1v) is 14.1. The summed E-state index contributed by atoms with van der Waals surface area (Å²) in [6.45, 7) is 6.06. The van der Waals surface area contributed by atoms with Crippen molar-refractivity contribution < 1.29 is 37.8 Å². The number of Topliss-reactive ketones (excluding diaryl/α,β-unsaturated/α-hetero) is 2. The number of ketones is 3. The summed E-state index contributed by atoms with van der Waals surface area (Å²) in [5.74, 6) is -2.81. The number of aromatic hydroxyl groups is 2. The second kappa shape index (κ2) is 8.98. The number of fused-ring (bicyclic) bond motifs is 3. The zero-order valence-electron chi connectivity index (χ0n) is 21.9. The van der Waals surface area contributed by atoms with Crippen molar-refractivity contribution in [2.24, 2.45) is 0 Å². The molecule has 0 bridgehead atoms. The van der Waals surface area contributed by atoms with E-state index in [1.54, 1.807) is 31.2 Å². The molecular formula is C28H28N2O8S. The van der Waals surface area contributed by atoms with Crippen LogP contribution in [-0.2, 0) is 25.0 Å². The van der Waals surface area contributed by atoms with Crippen molar-refractivity contribution in [3.05, 3.63) is 64.1 Å². The van der Waals surface area contributed by atoms with E-state index in [1.165, 1.54) is 25.1 Å². The maximum absolute atomic E-state index is 14.0. The lowest BCUT2D eigenvalue weighted by Gasteiger charge is -2.29. The monoisotopic (exact) mass is 552 g/mol. The van der Waals surface area contributed by atoms with Crippen LogP contribution in [0, 0.1) is 6.92 Å². The molecule has 1 saturated heterocycles. The minimum Gasteiger partial charge on any atom is -0.507 e. The Hall–Kier alpha value is -4.12. The van der Waals surface area contributed by atoms with Crippen molar-refractivity contribution in [3.8, 4) is 17.2 Å². The Morgan fingerprint density at radius 3 is 2.51 bits per heavy atom. The summed E-state index contributed by atoms with van der Waals surface area (Å²) in [5, 5.41) is 24.5. The molecule has 204 valence electrons. The van der Waals surface area contributed by atoms with Crippen molar-refractivity contribution in [2.75, 3.05) is 21.9 Å². The number of sulfonamides is 1. The number of carbonyl (C=O) groups is 3. The van der Waals surface area contributed by atoms with Gasteiger partial charge in [0.15, 0.2) is 17.3 Å². The van der Waals surface area contributed by atoms with Crippen LogP contribution >= 0.6 is 0 Å². The van der Waals surface area contributed by atoms with Gasteiger partial charge in [-0.05, 0) is 58.7 Å². The Labute approximate surface area is 225 Å². The quantitative estimate of drug-likeness (QED) is 0.294. The minimum absolute atomic E-state index is 0.00866. The first-order chi connectivity index (χ1) is 18.3. The molecule has 39 heavy (non-hydrogen) atoms. The molecule has 5 rings (SSSR count). The molecule has 2 heterocycles. The van der Waals surface area contributed by atoms with Crippen LogP contribution in [0.5, 0.6) is 17.2 Å². The molecule has 1 fully saturated rings. The van der Waals surface area contributed by atoms with E-state index in [0.717, 1.165) is 12.5 Å². The number of rotatable bonds is 4. The van der Waals surface area contributed by atoms with Crippen LogP contribution in [0.3, 0.4) is 0 Å². The molecule has 0 saturated carbocycles. The molecule has 0 amide bonds. The highest BCUT2D eigenvalue weighted by atomic mass is 32.2. The lowest BCUT2D eigenvalue weighted by molar-refractivity contribution is -0.123. The number of benzene rings is 2. The molecule has 2 aliphatic heterocycles. The second-order valence-electron chi connectivity index (χ2n) is 10.2. The van der Waals surface area contributed by atoms with Crippen molar-refractivity contribution in [3.63, 3.8) is 0 Å². The lowest BCUT2D eigenvalue weighted by atomic mass is 9.70. The smallest absolute Gasteiger partial charge is 0.235 e. The van der Waals surface area contributed by atoms with Gasteiger partial charge in [-0.1, -0.05) is 6.07 Å². The molecule has 3 aliphatic rings. The maximum Gasteiger partial charge on any atom is 0.235 e. The SMILES string of the molecule is CC(=O)c1c(O)c(C)c(O)c2c1OC1=CC(=O)/C(=C(/C)Nc3cccc(N4CCCCS4(=O)=O)c3)C(=O)[C@@]12C. The number of nitrogens with zero attached hydrogens (tertiary/aromatic N) is 1. The molecule has 10 nitrogen and oxygen atoms in total. The van der Waals surface area contributed by atoms with Gasteiger partial charge in [0.1, 0.15) is 34.0 Å². The van der Waals surface area contributed by atoms with Gasteiger partial charge in [0.2, 0.25) is 10.0 Å². The van der Waals surface area contributed by atoms with Crippen LogP contribution < -0.4 is 14.4 Å². The molecule has 3 N–H and O–H groups in total. The van der Waals surface area contributed by atoms with E-state index in [2.05, 4.69) is 5.32 Å². The summed E-state index contributed by atoms with van der Waals surface area (Å²) >= 11 is 0. The number of anilines is 2. The molecule has 1 aliphatic carbocycles.